The van der Waals surface area contributed by atoms with E-state index in [0.29, 0.717) is 22.3 Å². The Bertz CT molecular complexity index is 1830. The molecule has 1 saturated carbocycles. The number of aliphatic hydroxyl groups is 1. The molecular weight excluding hydrogens is 658 g/mol. The second-order valence-electron chi connectivity index (χ2n) is 10.8. The van der Waals surface area contributed by atoms with Gasteiger partial charge in [0.15, 0.2) is 22.9 Å². The van der Waals surface area contributed by atoms with Crippen molar-refractivity contribution in [3.05, 3.63) is 25.3 Å². The lowest BCUT2D eigenvalue weighted by molar-refractivity contribution is -0.0440. The van der Waals surface area contributed by atoms with Crippen LogP contribution in [-0.2, 0) is 46.4 Å². The lowest BCUT2D eigenvalue weighted by Crippen LogP contribution is -2.33. The van der Waals surface area contributed by atoms with E-state index in [1.165, 1.54) is 25.3 Å². The highest BCUT2D eigenvalue weighted by Crippen LogP contribution is 2.56. The molecule has 2 unspecified atom stereocenters. The van der Waals surface area contributed by atoms with Crippen molar-refractivity contribution in [2.24, 2.45) is 11.8 Å². The summed E-state index contributed by atoms with van der Waals surface area (Å²) in [5.74, 6) is -0.681. The van der Waals surface area contributed by atoms with E-state index < -0.39 is 62.0 Å². The molecule has 0 spiro atoms. The van der Waals surface area contributed by atoms with E-state index in [1.54, 1.807) is 9.13 Å². The van der Waals surface area contributed by atoms with Crippen molar-refractivity contribution < 1.29 is 37.7 Å². The minimum Gasteiger partial charge on any atom is -0.390 e. The van der Waals surface area contributed by atoms with Crippen LogP contribution in [0.15, 0.2) is 25.3 Å². The van der Waals surface area contributed by atoms with Crippen molar-refractivity contribution >= 4 is 71.0 Å². The minimum atomic E-state index is -4.00. The van der Waals surface area contributed by atoms with Crippen LogP contribution < -0.4 is 11.5 Å². The van der Waals surface area contributed by atoms with Gasteiger partial charge in [0.25, 0.3) is 0 Å². The Morgan fingerprint density at radius 3 is 2.07 bits per heavy atom. The number of imidazole rings is 2. The highest BCUT2D eigenvalue weighted by Gasteiger charge is 2.51. The average molecular weight is 687 g/mol. The third-order valence-electron chi connectivity index (χ3n) is 8.16. The zero-order chi connectivity index (χ0) is 31.0. The second-order valence-corrected chi connectivity index (χ2v) is 16.4. The van der Waals surface area contributed by atoms with E-state index >= 15 is 0 Å². The maximum Gasteiger partial charge on any atom is 0.325 e. The van der Waals surface area contributed by atoms with Crippen LogP contribution in [0.1, 0.15) is 25.6 Å². The van der Waals surface area contributed by atoms with Crippen molar-refractivity contribution in [2.45, 2.75) is 50.0 Å². The van der Waals surface area contributed by atoms with Crippen LogP contribution in [0.2, 0.25) is 0 Å². The van der Waals surface area contributed by atoms with Crippen molar-refractivity contribution in [1.82, 2.24) is 39.0 Å². The molecule has 236 valence electrons. The van der Waals surface area contributed by atoms with Gasteiger partial charge in [0.1, 0.15) is 48.2 Å². The van der Waals surface area contributed by atoms with Gasteiger partial charge < -0.3 is 53.8 Å². The number of fused-ring (bicyclic) bond motifs is 5. The van der Waals surface area contributed by atoms with Gasteiger partial charge in [0.05, 0.1) is 38.0 Å². The molecule has 4 aromatic heterocycles. The number of anilines is 2. The van der Waals surface area contributed by atoms with Gasteiger partial charge in [0.2, 0.25) is 0 Å². The zero-order valence-electron chi connectivity index (χ0n) is 22.9. The summed E-state index contributed by atoms with van der Waals surface area (Å²) in [5, 5.41) is 11.3. The molecule has 0 amide bonds. The third kappa shape index (κ3) is 5.32. The fraction of sp³-hybridized carbons (Fsp3) is 0.545. The van der Waals surface area contributed by atoms with Crippen LogP contribution in [0.25, 0.3) is 22.3 Å². The molecular formula is C22H28N10O8P2S2. The largest absolute Gasteiger partial charge is 0.390 e. The van der Waals surface area contributed by atoms with Gasteiger partial charge >= 0.3 is 13.4 Å². The summed E-state index contributed by atoms with van der Waals surface area (Å²) in [5.41, 5.74) is 13.5. The van der Waals surface area contributed by atoms with Gasteiger partial charge in [-0.1, -0.05) is 6.92 Å². The maximum absolute atomic E-state index is 11.3. The Morgan fingerprint density at radius 1 is 0.841 bits per heavy atom. The fourth-order valence-electron chi connectivity index (χ4n) is 6.04. The van der Waals surface area contributed by atoms with Crippen LogP contribution in [0, 0.1) is 11.8 Å². The number of aromatic nitrogens is 8. The summed E-state index contributed by atoms with van der Waals surface area (Å²) >= 11 is 10.8. The molecule has 10 atom stereocenters. The average Bonchev–Trinajstić information content (AvgIpc) is 3.73. The fourth-order valence-corrected chi connectivity index (χ4v) is 9.05. The predicted octanol–water partition coefficient (Wildman–Crippen LogP) is 0.537. The number of hydrogen-bond donors (Lipinski definition) is 5. The van der Waals surface area contributed by atoms with Crippen molar-refractivity contribution in [1.29, 1.82) is 0 Å². The molecule has 18 nitrogen and oxygen atoms in total. The summed E-state index contributed by atoms with van der Waals surface area (Å²) in [4.78, 5) is 47.5. The predicted molar refractivity (Wildman–Crippen MR) is 160 cm³/mol. The highest BCUT2D eigenvalue weighted by atomic mass is 32.5. The highest BCUT2D eigenvalue weighted by molar-refractivity contribution is 8.07. The van der Waals surface area contributed by atoms with Crippen LogP contribution in [0.4, 0.5) is 11.6 Å². The number of nitrogen functional groups attached to an aromatic ring is 2. The number of ether oxygens (including phenoxy) is 1. The number of aliphatic hydroxyl groups excluding tert-OH is 1. The van der Waals surface area contributed by atoms with Crippen LogP contribution in [-0.4, -0.2) is 91.6 Å². The summed E-state index contributed by atoms with van der Waals surface area (Å²) in [7, 11) is 0. The normalized spacial score (nSPS) is 38.3. The maximum atomic E-state index is 11.3. The Hall–Kier alpha value is -2.32. The lowest BCUT2D eigenvalue weighted by Gasteiger charge is -2.29. The molecule has 2 saturated heterocycles. The molecule has 0 radical (unpaired) electrons. The molecule has 2 bridgehead atoms. The number of nitrogens with two attached hydrogens (primary N) is 2. The third-order valence-corrected chi connectivity index (χ3v) is 11.3. The van der Waals surface area contributed by atoms with E-state index in [1.807, 2.05) is 6.92 Å². The molecule has 22 heteroatoms. The summed E-state index contributed by atoms with van der Waals surface area (Å²) in [6.07, 6.45) is 1.15. The van der Waals surface area contributed by atoms with Gasteiger partial charge in [0, 0.05) is 11.8 Å². The van der Waals surface area contributed by atoms with Crippen molar-refractivity contribution in [3.63, 3.8) is 0 Å². The number of hydrogen-bond acceptors (Lipinski definition) is 16. The molecule has 0 aromatic carbocycles. The van der Waals surface area contributed by atoms with E-state index in [-0.39, 0.29) is 31.3 Å². The molecule has 1 aliphatic carbocycles. The number of nitrogens with zero attached hydrogens (tertiary/aromatic N) is 8. The van der Waals surface area contributed by atoms with Crippen LogP contribution in [0.5, 0.6) is 0 Å². The smallest absolute Gasteiger partial charge is 0.325 e. The molecule has 7 N–H and O–H groups in total. The molecule has 44 heavy (non-hydrogen) atoms. The molecule has 3 fully saturated rings. The molecule has 4 aromatic rings. The molecule has 3 aliphatic rings. The van der Waals surface area contributed by atoms with Crippen LogP contribution in [0.3, 0.4) is 0 Å². The van der Waals surface area contributed by atoms with Crippen LogP contribution >= 0.6 is 13.4 Å². The second kappa shape index (κ2) is 11.2. The Kier molecular flexibility index (Phi) is 7.71. The standard InChI is InChI=1S/C22H28N10O8P2S2/c1-9-16-12(38-22(9)32-8-30-14-19(24)26-6-28-21(14)32)4-37-42(35,44)40-17-11(2-10(15(17)33)3-36-41(34,43)39-16)31-7-29-13-18(23)25-5-27-20(13)31/h5-12,15-17,22,33H,2-4H2,1H3,(H,34,43)(H,35,44)(H2,23,25,27)(H2,24,26,28)/t9-,10-,11-,12-,15-,16+,17+,22-,41?,42?/m1/s1. The van der Waals surface area contributed by atoms with Gasteiger partial charge in [-0.3, -0.25) is 4.57 Å². The minimum absolute atomic E-state index is 0.178. The summed E-state index contributed by atoms with van der Waals surface area (Å²) in [6, 6.07) is -0.625. The van der Waals surface area contributed by atoms with Gasteiger partial charge in [-0.05, 0) is 30.0 Å². The zero-order valence-corrected chi connectivity index (χ0v) is 26.3. The topological polar surface area (TPSA) is 246 Å². The summed E-state index contributed by atoms with van der Waals surface area (Å²) < 4.78 is 33.2. The quantitative estimate of drug-likeness (QED) is 0.181. The lowest BCUT2D eigenvalue weighted by atomic mass is 10.0. The van der Waals surface area contributed by atoms with E-state index in [0.717, 1.165) is 0 Å². The van der Waals surface area contributed by atoms with Crippen molar-refractivity contribution in [2.75, 3.05) is 24.7 Å². The molecule has 7 rings (SSSR count). The Morgan fingerprint density at radius 2 is 1.41 bits per heavy atom. The van der Waals surface area contributed by atoms with Gasteiger partial charge in [-0.25, -0.2) is 29.9 Å². The first-order chi connectivity index (χ1) is 20.9. The van der Waals surface area contributed by atoms with Crippen molar-refractivity contribution in [3.8, 4) is 0 Å². The van der Waals surface area contributed by atoms with E-state index in [2.05, 4.69) is 29.9 Å². The molecule has 6 heterocycles. The first-order valence-electron chi connectivity index (χ1n) is 13.4. The first kappa shape index (κ1) is 30.3. The first-order valence-corrected chi connectivity index (χ1v) is 18.6. The van der Waals surface area contributed by atoms with Gasteiger partial charge in [-0.15, -0.1) is 0 Å². The Labute approximate surface area is 259 Å². The van der Waals surface area contributed by atoms with E-state index in [4.69, 9.17) is 57.9 Å². The molecule has 2 aliphatic heterocycles. The SMILES string of the molecule is C[C@@H]1[C@@H]2OP(O)(=S)OC[C@H]3C[C@@H](n4cnc5c(N)ncnc54)[C@H](OP(O)(=S)OC[C@H]2O[C@H]1n1cnc2c(N)ncnc21)[C@@H]3O. The van der Waals surface area contributed by atoms with Gasteiger partial charge in [-0.2, -0.15) is 0 Å². The monoisotopic (exact) mass is 686 g/mol. The van der Waals surface area contributed by atoms with E-state index in [9.17, 15) is 14.9 Å². The Balaban J connectivity index is 1.20. The number of rotatable bonds is 2. The summed E-state index contributed by atoms with van der Waals surface area (Å²) in [6.45, 7) is -6.55.